The normalized spacial score (nSPS) is 16.1. The third kappa shape index (κ3) is 3.18. The molecule has 0 spiro atoms. The summed E-state index contributed by atoms with van der Waals surface area (Å²) in [5.41, 5.74) is 7.01. The zero-order valence-corrected chi connectivity index (χ0v) is 14.5. The Morgan fingerprint density at radius 2 is 2.00 bits per heavy atom. The van der Waals surface area contributed by atoms with Crippen molar-refractivity contribution in [1.82, 2.24) is 4.31 Å². The number of nitrogens with two attached hydrogens (primary N) is 1. The summed E-state index contributed by atoms with van der Waals surface area (Å²) in [4.78, 5) is 0.313. The number of benzene rings is 1. The van der Waals surface area contributed by atoms with Crippen molar-refractivity contribution < 1.29 is 8.42 Å². The van der Waals surface area contributed by atoms with E-state index in [0.717, 1.165) is 17.3 Å². The zero-order chi connectivity index (χ0) is 15.1. The second kappa shape index (κ2) is 5.66. The van der Waals surface area contributed by atoms with E-state index in [2.05, 4.69) is 15.9 Å². The van der Waals surface area contributed by atoms with E-state index in [1.165, 1.54) is 0 Å². The molecular weight excluding hydrogens is 340 g/mol. The lowest BCUT2D eigenvalue weighted by atomic mass is 10.2. The zero-order valence-electron chi connectivity index (χ0n) is 12.1. The highest BCUT2D eigenvalue weighted by molar-refractivity contribution is 9.10. The Hall–Kier alpha value is -0.590. The maximum Gasteiger partial charge on any atom is 0.243 e. The molecule has 0 bridgehead atoms. The molecule has 0 saturated heterocycles. The van der Waals surface area contributed by atoms with Gasteiger partial charge in [0.1, 0.15) is 0 Å². The molecule has 0 aliphatic heterocycles. The highest BCUT2D eigenvalue weighted by Crippen LogP contribution is 2.34. The number of rotatable bonds is 5. The van der Waals surface area contributed by atoms with Crippen molar-refractivity contribution >= 4 is 31.6 Å². The van der Waals surface area contributed by atoms with Crippen LogP contribution in [0.1, 0.15) is 32.3 Å². The maximum atomic E-state index is 12.9. The first-order chi connectivity index (χ1) is 9.23. The van der Waals surface area contributed by atoms with Gasteiger partial charge in [-0.25, -0.2) is 8.42 Å². The lowest BCUT2D eigenvalue weighted by Gasteiger charge is -2.27. The van der Waals surface area contributed by atoms with Gasteiger partial charge in [-0.1, -0.05) is 0 Å². The highest BCUT2D eigenvalue weighted by Gasteiger charge is 2.34. The van der Waals surface area contributed by atoms with Crippen LogP contribution < -0.4 is 5.73 Å². The molecule has 112 valence electrons. The van der Waals surface area contributed by atoms with Crippen molar-refractivity contribution in [2.75, 3.05) is 12.3 Å². The van der Waals surface area contributed by atoms with Crippen LogP contribution in [0.3, 0.4) is 0 Å². The minimum atomic E-state index is -3.49. The van der Waals surface area contributed by atoms with Crippen molar-refractivity contribution in [3.63, 3.8) is 0 Å². The van der Waals surface area contributed by atoms with Gasteiger partial charge in [-0.15, -0.1) is 0 Å². The van der Waals surface area contributed by atoms with Gasteiger partial charge < -0.3 is 5.73 Å². The van der Waals surface area contributed by atoms with Gasteiger partial charge in [0.2, 0.25) is 10.0 Å². The van der Waals surface area contributed by atoms with E-state index in [1.807, 2.05) is 13.8 Å². The van der Waals surface area contributed by atoms with Crippen LogP contribution >= 0.6 is 15.9 Å². The third-order valence-corrected chi connectivity index (χ3v) is 6.46. The molecule has 1 fully saturated rings. The standard InChI is InChI=1S/C14H21BrN2O2S/c1-9(2)17(8-11-4-5-11)20(18,19)14-7-13(16)12(15)6-10(14)3/h6-7,9,11H,4-5,8,16H2,1-3H3. The predicted molar refractivity (Wildman–Crippen MR) is 85.0 cm³/mol. The van der Waals surface area contributed by atoms with Crippen LogP contribution in [0.15, 0.2) is 21.5 Å². The highest BCUT2D eigenvalue weighted by atomic mass is 79.9. The molecule has 4 nitrogen and oxygen atoms in total. The van der Waals surface area contributed by atoms with Crippen LogP contribution in [0.25, 0.3) is 0 Å². The lowest BCUT2D eigenvalue weighted by molar-refractivity contribution is 0.341. The summed E-state index contributed by atoms with van der Waals surface area (Å²) in [7, 11) is -3.49. The van der Waals surface area contributed by atoms with Gasteiger partial charge in [0.25, 0.3) is 0 Å². The maximum absolute atomic E-state index is 12.9. The molecule has 0 aromatic heterocycles. The number of hydrogen-bond donors (Lipinski definition) is 1. The Morgan fingerprint density at radius 3 is 2.50 bits per heavy atom. The Kier molecular flexibility index (Phi) is 4.47. The summed E-state index contributed by atoms with van der Waals surface area (Å²) < 4.78 is 28.1. The van der Waals surface area contributed by atoms with Crippen LogP contribution in [-0.4, -0.2) is 25.3 Å². The summed E-state index contributed by atoms with van der Waals surface area (Å²) >= 11 is 3.33. The first kappa shape index (κ1) is 15.8. The van der Waals surface area contributed by atoms with Gasteiger partial charge >= 0.3 is 0 Å². The Labute approximate surface area is 129 Å². The summed E-state index contributed by atoms with van der Waals surface area (Å²) in [5, 5.41) is 0. The van der Waals surface area contributed by atoms with Gasteiger partial charge in [-0.2, -0.15) is 4.31 Å². The third-order valence-electron chi connectivity index (χ3n) is 3.59. The second-order valence-corrected chi connectivity index (χ2v) is 8.46. The molecule has 0 unspecified atom stereocenters. The molecule has 0 atom stereocenters. The smallest absolute Gasteiger partial charge is 0.243 e. The molecule has 20 heavy (non-hydrogen) atoms. The van der Waals surface area contributed by atoms with Crippen LogP contribution in [0.4, 0.5) is 5.69 Å². The van der Waals surface area contributed by atoms with Crippen molar-refractivity contribution in [3.05, 3.63) is 22.2 Å². The number of nitrogen functional groups attached to an aromatic ring is 1. The molecule has 0 radical (unpaired) electrons. The van der Waals surface area contributed by atoms with Gasteiger partial charge in [0.05, 0.1) is 4.90 Å². The number of halogens is 1. The van der Waals surface area contributed by atoms with Crippen molar-refractivity contribution in [3.8, 4) is 0 Å². The number of sulfonamides is 1. The SMILES string of the molecule is Cc1cc(Br)c(N)cc1S(=O)(=O)N(CC1CC1)C(C)C. The molecule has 1 saturated carbocycles. The number of anilines is 1. The van der Waals surface area contributed by atoms with E-state index in [4.69, 9.17) is 5.73 Å². The Balaban J connectivity index is 2.44. The monoisotopic (exact) mass is 360 g/mol. The van der Waals surface area contributed by atoms with Crippen LogP contribution in [0, 0.1) is 12.8 Å². The minimum absolute atomic E-state index is 0.0510. The molecule has 1 aliphatic rings. The minimum Gasteiger partial charge on any atom is -0.398 e. The quantitative estimate of drug-likeness (QED) is 0.820. The van der Waals surface area contributed by atoms with Crippen molar-refractivity contribution in [1.29, 1.82) is 0 Å². The molecule has 1 aliphatic carbocycles. The average Bonchev–Trinajstić information content (AvgIpc) is 3.13. The van der Waals surface area contributed by atoms with E-state index >= 15 is 0 Å². The molecule has 1 aromatic carbocycles. The fourth-order valence-electron chi connectivity index (χ4n) is 2.21. The largest absolute Gasteiger partial charge is 0.398 e. The lowest BCUT2D eigenvalue weighted by Crippen LogP contribution is -2.38. The van der Waals surface area contributed by atoms with Crippen molar-refractivity contribution in [2.45, 2.75) is 44.6 Å². The van der Waals surface area contributed by atoms with Gasteiger partial charge in [-0.3, -0.25) is 0 Å². The molecule has 2 N–H and O–H groups in total. The fraction of sp³-hybridized carbons (Fsp3) is 0.571. The first-order valence-corrected chi connectivity index (χ1v) is 9.04. The number of nitrogens with zero attached hydrogens (tertiary/aromatic N) is 1. The van der Waals surface area contributed by atoms with Crippen LogP contribution in [-0.2, 0) is 10.0 Å². The summed E-state index contributed by atoms with van der Waals surface area (Å²) in [6, 6.07) is 3.26. The van der Waals surface area contributed by atoms with Gasteiger partial charge in [0, 0.05) is 22.7 Å². The van der Waals surface area contributed by atoms with Crippen molar-refractivity contribution in [2.24, 2.45) is 5.92 Å². The number of aryl methyl sites for hydroxylation is 1. The number of hydrogen-bond acceptors (Lipinski definition) is 3. The molecule has 0 amide bonds. The molecule has 0 heterocycles. The molecule has 1 aromatic rings. The topological polar surface area (TPSA) is 63.4 Å². The van der Waals surface area contributed by atoms with Crippen LogP contribution in [0.5, 0.6) is 0 Å². The summed E-state index contributed by atoms with van der Waals surface area (Å²) in [5.74, 6) is 0.514. The Morgan fingerprint density at radius 1 is 1.40 bits per heavy atom. The van der Waals surface area contributed by atoms with E-state index in [9.17, 15) is 8.42 Å². The van der Waals surface area contributed by atoms with E-state index in [0.29, 0.717) is 28.6 Å². The molecule has 6 heteroatoms. The molecular formula is C14H21BrN2O2S. The van der Waals surface area contributed by atoms with Gasteiger partial charge in [0.15, 0.2) is 0 Å². The van der Waals surface area contributed by atoms with E-state index < -0.39 is 10.0 Å². The summed E-state index contributed by atoms with van der Waals surface area (Å²) in [6.07, 6.45) is 2.25. The molecule has 2 rings (SSSR count). The predicted octanol–water partition coefficient (Wildman–Crippen LogP) is 3.15. The van der Waals surface area contributed by atoms with E-state index in [1.54, 1.807) is 23.4 Å². The average molecular weight is 361 g/mol. The second-order valence-electron chi connectivity index (χ2n) is 5.75. The Bertz CT molecular complexity index is 610. The van der Waals surface area contributed by atoms with E-state index in [-0.39, 0.29) is 6.04 Å². The summed E-state index contributed by atoms with van der Waals surface area (Å²) in [6.45, 7) is 6.23. The van der Waals surface area contributed by atoms with Gasteiger partial charge in [-0.05, 0) is 73.2 Å². The first-order valence-electron chi connectivity index (χ1n) is 6.81. The fourth-order valence-corrected chi connectivity index (χ4v) is 4.63. The van der Waals surface area contributed by atoms with Crippen LogP contribution in [0.2, 0.25) is 0 Å².